The quantitative estimate of drug-likeness (QED) is 0.616. The van der Waals surface area contributed by atoms with Crippen LogP contribution in [0.5, 0.6) is 0 Å². The summed E-state index contributed by atoms with van der Waals surface area (Å²) in [4.78, 5) is 12.7. The first-order valence-corrected chi connectivity index (χ1v) is 4.10. The summed E-state index contributed by atoms with van der Waals surface area (Å²) < 4.78 is 9.65. The van der Waals surface area contributed by atoms with Gasteiger partial charge in [-0.3, -0.25) is 4.90 Å². The van der Waals surface area contributed by atoms with E-state index in [0.29, 0.717) is 19.8 Å². The molecule has 0 aliphatic carbocycles. The molecule has 0 aromatic rings. The summed E-state index contributed by atoms with van der Waals surface area (Å²) in [6.07, 6.45) is 6.92. The molecule has 0 spiro atoms. The van der Waals surface area contributed by atoms with Gasteiger partial charge in [-0.1, -0.05) is 12.2 Å². The van der Waals surface area contributed by atoms with Crippen molar-refractivity contribution in [1.29, 1.82) is 0 Å². The van der Waals surface area contributed by atoms with E-state index < -0.39 is 0 Å². The van der Waals surface area contributed by atoms with E-state index in [9.17, 15) is 4.79 Å². The largest absolute Gasteiger partial charge is 0.447 e. The maximum atomic E-state index is 11.2. The van der Waals surface area contributed by atoms with Gasteiger partial charge in [0.05, 0.1) is 6.61 Å². The predicted molar refractivity (Wildman–Crippen MR) is 48.2 cm³/mol. The van der Waals surface area contributed by atoms with Gasteiger partial charge in [0, 0.05) is 19.9 Å². The Morgan fingerprint density at radius 2 is 2.31 bits per heavy atom. The van der Waals surface area contributed by atoms with Crippen LogP contribution in [0.3, 0.4) is 0 Å². The molecule has 0 saturated heterocycles. The van der Waals surface area contributed by atoms with Gasteiger partial charge in [0.15, 0.2) is 0 Å². The van der Waals surface area contributed by atoms with Crippen LogP contribution in [0.4, 0.5) is 4.79 Å². The lowest BCUT2D eigenvalue weighted by Gasteiger charge is -2.17. The Kier molecular flexibility index (Phi) is 4.05. The van der Waals surface area contributed by atoms with E-state index in [1.807, 2.05) is 12.2 Å². The van der Waals surface area contributed by atoms with Crippen molar-refractivity contribution >= 4 is 6.09 Å². The van der Waals surface area contributed by atoms with E-state index in [0.717, 1.165) is 0 Å². The highest BCUT2D eigenvalue weighted by atomic mass is 16.6. The summed E-state index contributed by atoms with van der Waals surface area (Å²) in [7, 11) is 1.57. The monoisotopic (exact) mass is 183 g/mol. The van der Waals surface area contributed by atoms with Crippen molar-refractivity contribution < 1.29 is 14.3 Å². The normalized spacial score (nSPS) is 14.7. The van der Waals surface area contributed by atoms with Gasteiger partial charge in [-0.15, -0.1) is 0 Å². The molecule has 72 valence electrons. The topological polar surface area (TPSA) is 38.8 Å². The molecule has 1 amide bonds. The van der Waals surface area contributed by atoms with Crippen LogP contribution in [0, 0.1) is 0 Å². The molecule has 0 aromatic carbocycles. The SMILES string of the molecule is COCCOC(=O)N1C=CC=CC1. The molecule has 0 radical (unpaired) electrons. The van der Waals surface area contributed by atoms with Crippen molar-refractivity contribution in [2.75, 3.05) is 26.9 Å². The average Bonchev–Trinajstić information content (AvgIpc) is 2.19. The van der Waals surface area contributed by atoms with Gasteiger partial charge in [0.2, 0.25) is 0 Å². The van der Waals surface area contributed by atoms with Crippen LogP contribution in [0.2, 0.25) is 0 Å². The Bertz CT molecular complexity index is 223. The highest BCUT2D eigenvalue weighted by molar-refractivity contribution is 5.69. The van der Waals surface area contributed by atoms with Gasteiger partial charge in [-0.2, -0.15) is 0 Å². The number of allylic oxidation sites excluding steroid dienone is 2. The molecule has 0 saturated carbocycles. The zero-order valence-corrected chi connectivity index (χ0v) is 7.60. The molecule has 0 bridgehead atoms. The number of hydrogen-bond donors (Lipinski definition) is 0. The minimum Gasteiger partial charge on any atom is -0.447 e. The maximum Gasteiger partial charge on any atom is 0.414 e. The molecule has 1 aliphatic rings. The number of carbonyl (C=O) groups excluding carboxylic acids is 1. The fourth-order valence-corrected chi connectivity index (χ4v) is 0.898. The molecule has 4 nitrogen and oxygen atoms in total. The smallest absolute Gasteiger partial charge is 0.414 e. The van der Waals surface area contributed by atoms with E-state index in [4.69, 9.17) is 9.47 Å². The summed E-state index contributed by atoms with van der Waals surface area (Å²) in [6, 6.07) is 0. The van der Waals surface area contributed by atoms with Gasteiger partial charge in [0.1, 0.15) is 6.61 Å². The van der Waals surface area contributed by atoms with Gasteiger partial charge >= 0.3 is 6.09 Å². The number of nitrogens with zero attached hydrogens (tertiary/aromatic N) is 1. The van der Waals surface area contributed by atoms with Crippen molar-refractivity contribution in [3.8, 4) is 0 Å². The second kappa shape index (κ2) is 5.37. The Labute approximate surface area is 77.4 Å². The minimum absolute atomic E-state index is 0.295. The lowest BCUT2D eigenvalue weighted by molar-refractivity contribution is 0.0826. The summed E-state index contributed by atoms with van der Waals surface area (Å²) in [5.74, 6) is 0. The Hall–Kier alpha value is -1.29. The lowest BCUT2D eigenvalue weighted by Crippen LogP contribution is -2.28. The molecule has 0 fully saturated rings. The fraction of sp³-hybridized carbons (Fsp3) is 0.444. The summed E-state index contributed by atoms with van der Waals surface area (Å²) in [5.41, 5.74) is 0. The van der Waals surface area contributed by atoms with Crippen LogP contribution >= 0.6 is 0 Å². The number of methoxy groups -OCH3 is 1. The third-order valence-electron chi connectivity index (χ3n) is 1.56. The molecule has 4 heteroatoms. The minimum atomic E-state index is -0.336. The van der Waals surface area contributed by atoms with Crippen molar-refractivity contribution in [3.63, 3.8) is 0 Å². The van der Waals surface area contributed by atoms with Crippen LogP contribution < -0.4 is 0 Å². The summed E-state index contributed by atoms with van der Waals surface area (Å²) >= 11 is 0. The third kappa shape index (κ3) is 3.29. The molecule has 1 heterocycles. The molecule has 1 aliphatic heterocycles. The number of ether oxygens (including phenoxy) is 2. The van der Waals surface area contributed by atoms with Crippen LogP contribution in [-0.4, -0.2) is 37.9 Å². The second-order valence-electron chi connectivity index (χ2n) is 2.53. The van der Waals surface area contributed by atoms with Crippen LogP contribution in [0.1, 0.15) is 0 Å². The molecule has 13 heavy (non-hydrogen) atoms. The van der Waals surface area contributed by atoms with E-state index in [1.54, 1.807) is 19.4 Å². The van der Waals surface area contributed by atoms with E-state index in [2.05, 4.69) is 0 Å². The van der Waals surface area contributed by atoms with Gasteiger partial charge < -0.3 is 9.47 Å². The summed E-state index contributed by atoms with van der Waals surface area (Å²) in [5, 5.41) is 0. The van der Waals surface area contributed by atoms with Gasteiger partial charge in [-0.05, 0) is 6.08 Å². The van der Waals surface area contributed by atoms with Gasteiger partial charge in [0.25, 0.3) is 0 Å². The third-order valence-corrected chi connectivity index (χ3v) is 1.56. The van der Waals surface area contributed by atoms with Crippen molar-refractivity contribution in [3.05, 3.63) is 24.4 Å². The van der Waals surface area contributed by atoms with E-state index in [1.165, 1.54) is 4.90 Å². The Balaban J connectivity index is 2.23. The zero-order valence-electron chi connectivity index (χ0n) is 7.60. The average molecular weight is 183 g/mol. The highest BCUT2D eigenvalue weighted by Gasteiger charge is 2.10. The molecule has 0 atom stereocenters. The Morgan fingerprint density at radius 3 is 2.92 bits per heavy atom. The Morgan fingerprint density at radius 1 is 1.46 bits per heavy atom. The van der Waals surface area contributed by atoms with Crippen LogP contribution in [0.25, 0.3) is 0 Å². The molecular weight excluding hydrogens is 170 g/mol. The molecule has 0 N–H and O–H groups in total. The maximum absolute atomic E-state index is 11.2. The zero-order chi connectivity index (χ0) is 9.52. The number of amides is 1. The van der Waals surface area contributed by atoms with Crippen molar-refractivity contribution in [2.24, 2.45) is 0 Å². The molecule has 1 rings (SSSR count). The highest BCUT2D eigenvalue weighted by Crippen LogP contribution is 2.00. The van der Waals surface area contributed by atoms with Crippen molar-refractivity contribution in [1.82, 2.24) is 4.90 Å². The first-order valence-electron chi connectivity index (χ1n) is 4.10. The molecule has 0 unspecified atom stereocenters. The van der Waals surface area contributed by atoms with Crippen LogP contribution in [-0.2, 0) is 9.47 Å². The summed E-state index contributed by atoms with van der Waals surface area (Å²) in [6.45, 7) is 1.30. The number of rotatable bonds is 3. The number of hydrogen-bond acceptors (Lipinski definition) is 3. The first-order chi connectivity index (χ1) is 6.34. The molecular formula is C9H13NO3. The number of carbonyl (C=O) groups is 1. The molecule has 0 aromatic heterocycles. The van der Waals surface area contributed by atoms with Crippen LogP contribution in [0.15, 0.2) is 24.4 Å². The predicted octanol–water partition coefficient (Wildman–Crippen LogP) is 1.15. The van der Waals surface area contributed by atoms with E-state index in [-0.39, 0.29) is 6.09 Å². The standard InChI is InChI=1S/C9H13NO3/c1-12-7-8-13-9(11)10-5-3-2-4-6-10/h2-5H,6-8H2,1H3. The fourth-order valence-electron chi connectivity index (χ4n) is 0.898. The van der Waals surface area contributed by atoms with Crippen molar-refractivity contribution in [2.45, 2.75) is 0 Å². The lowest BCUT2D eigenvalue weighted by atomic mass is 10.4. The first kappa shape index (κ1) is 9.80. The van der Waals surface area contributed by atoms with E-state index >= 15 is 0 Å². The van der Waals surface area contributed by atoms with Gasteiger partial charge in [-0.25, -0.2) is 4.79 Å². The second-order valence-corrected chi connectivity index (χ2v) is 2.53.